The van der Waals surface area contributed by atoms with E-state index in [1.54, 1.807) is 42.6 Å². The number of anilines is 1. The minimum atomic E-state index is -4.03. The normalized spacial score (nSPS) is 13.9. The number of nitrogens with zero attached hydrogens (tertiary/aromatic N) is 1. The van der Waals surface area contributed by atoms with Crippen molar-refractivity contribution in [1.29, 1.82) is 0 Å². The lowest BCUT2D eigenvalue weighted by atomic mass is 10.0. The van der Waals surface area contributed by atoms with Gasteiger partial charge in [-0.2, -0.15) is 5.10 Å². The van der Waals surface area contributed by atoms with Crippen molar-refractivity contribution in [2.75, 3.05) is 5.32 Å². The zero-order valence-corrected chi connectivity index (χ0v) is 17.6. The number of carbonyl (C=O) groups is 1. The second-order valence-corrected chi connectivity index (χ2v) is 9.42. The topological polar surface area (TPSA) is 118 Å². The van der Waals surface area contributed by atoms with Gasteiger partial charge in [-0.3, -0.25) is 9.89 Å². The van der Waals surface area contributed by atoms with Crippen LogP contribution in [-0.2, 0) is 27.7 Å². The number of amides is 1. The standard InChI is InChI=1S/C21H21ClN4O3S/c22-18-4-2-1-3-14(18)10-21(27)25-15-7-8-16(20(11-15)30(23,28)29)17-12-24-26-19(17)9-13-5-6-13/h1-4,7-8,11-13H,5-6,9-10H2,(H,24,26)(H,25,27)(H2,23,28,29). The molecule has 1 saturated carbocycles. The van der Waals surface area contributed by atoms with E-state index in [4.69, 9.17) is 16.7 Å². The summed E-state index contributed by atoms with van der Waals surface area (Å²) in [5, 5.41) is 15.7. The first kappa shape index (κ1) is 20.6. The summed E-state index contributed by atoms with van der Waals surface area (Å²) in [4.78, 5) is 12.4. The number of nitrogens with one attached hydrogen (secondary N) is 2. The smallest absolute Gasteiger partial charge is 0.238 e. The molecule has 30 heavy (non-hydrogen) atoms. The summed E-state index contributed by atoms with van der Waals surface area (Å²) >= 11 is 6.10. The van der Waals surface area contributed by atoms with Gasteiger partial charge in [0.05, 0.1) is 17.5 Å². The predicted molar refractivity (Wildman–Crippen MR) is 116 cm³/mol. The number of hydrogen-bond acceptors (Lipinski definition) is 4. The number of H-pyrrole nitrogens is 1. The Labute approximate surface area is 179 Å². The maximum atomic E-state index is 12.4. The molecule has 7 nitrogen and oxygen atoms in total. The first-order valence-electron chi connectivity index (χ1n) is 9.54. The monoisotopic (exact) mass is 444 g/mol. The zero-order chi connectivity index (χ0) is 21.3. The van der Waals surface area contributed by atoms with Gasteiger partial charge < -0.3 is 5.32 Å². The number of nitrogens with two attached hydrogens (primary N) is 1. The third-order valence-corrected chi connectivity index (χ3v) is 6.40. The van der Waals surface area contributed by atoms with Gasteiger partial charge in [0.15, 0.2) is 0 Å². The van der Waals surface area contributed by atoms with Crippen molar-refractivity contribution in [3.8, 4) is 11.1 Å². The maximum absolute atomic E-state index is 12.4. The van der Waals surface area contributed by atoms with Gasteiger partial charge >= 0.3 is 0 Å². The number of halogens is 1. The van der Waals surface area contributed by atoms with E-state index in [9.17, 15) is 13.2 Å². The number of primary sulfonamides is 1. The summed E-state index contributed by atoms with van der Waals surface area (Å²) in [6.07, 6.45) is 4.82. The third-order valence-electron chi connectivity index (χ3n) is 5.08. The van der Waals surface area contributed by atoms with Crippen molar-refractivity contribution in [2.24, 2.45) is 11.1 Å². The molecule has 4 N–H and O–H groups in total. The Morgan fingerprint density at radius 1 is 1.20 bits per heavy atom. The van der Waals surface area contributed by atoms with Crippen molar-refractivity contribution in [3.63, 3.8) is 0 Å². The summed E-state index contributed by atoms with van der Waals surface area (Å²) < 4.78 is 24.6. The van der Waals surface area contributed by atoms with Crippen LogP contribution in [0.25, 0.3) is 11.1 Å². The number of benzene rings is 2. The first-order chi connectivity index (χ1) is 14.3. The van der Waals surface area contributed by atoms with Crippen molar-refractivity contribution < 1.29 is 13.2 Å². The van der Waals surface area contributed by atoms with E-state index < -0.39 is 10.0 Å². The molecule has 4 rings (SSSR count). The van der Waals surface area contributed by atoms with Gasteiger partial charge in [-0.05, 0) is 48.9 Å². The molecule has 0 spiro atoms. The molecule has 0 saturated heterocycles. The summed E-state index contributed by atoms with van der Waals surface area (Å²) in [6, 6.07) is 11.7. The molecule has 0 radical (unpaired) electrons. The van der Waals surface area contributed by atoms with E-state index in [0.717, 1.165) is 25.0 Å². The molecule has 1 aliphatic rings. The third kappa shape index (κ3) is 4.72. The molecule has 1 fully saturated rings. The van der Waals surface area contributed by atoms with Gasteiger partial charge in [0.1, 0.15) is 0 Å². The van der Waals surface area contributed by atoms with Crippen molar-refractivity contribution in [1.82, 2.24) is 10.2 Å². The Balaban J connectivity index is 1.61. The van der Waals surface area contributed by atoms with Crippen molar-refractivity contribution in [3.05, 3.63) is 64.9 Å². The highest BCUT2D eigenvalue weighted by Gasteiger charge is 2.26. The maximum Gasteiger partial charge on any atom is 0.238 e. The SMILES string of the molecule is NS(=O)(=O)c1cc(NC(=O)Cc2ccccc2Cl)ccc1-c1cn[nH]c1CC1CC1. The van der Waals surface area contributed by atoms with Gasteiger partial charge in [0.25, 0.3) is 0 Å². The van der Waals surface area contributed by atoms with Gasteiger partial charge in [0.2, 0.25) is 15.9 Å². The van der Waals surface area contributed by atoms with Crippen LogP contribution >= 0.6 is 11.6 Å². The first-order valence-corrected chi connectivity index (χ1v) is 11.5. The van der Waals surface area contributed by atoms with Crippen LogP contribution in [0.15, 0.2) is 53.6 Å². The van der Waals surface area contributed by atoms with E-state index in [-0.39, 0.29) is 17.2 Å². The predicted octanol–water partition coefficient (Wildman–Crippen LogP) is 3.51. The average Bonchev–Trinajstić information content (AvgIpc) is 3.38. The lowest BCUT2D eigenvalue weighted by molar-refractivity contribution is -0.115. The molecule has 1 heterocycles. The number of sulfonamides is 1. The van der Waals surface area contributed by atoms with Gasteiger partial charge in [-0.1, -0.05) is 35.9 Å². The highest BCUT2D eigenvalue weighted by atomic mass is 35.5. The molecule has 1 aliphatic carbocycles. The van der Waals surface area contributed by atoms with Gasteiger partial charge in [0, 0.05) is 27.5 Å². The quantitative estimate of drug-likeness (QED) is 0.516. The fourth-order valence-electron chi connectivity index (χ4n) is 3.39. The van der Waals surface area contributed by atoms with E-state index in [2.05, 4.69) is 15.5 Å². The number of carbonyl (C=O) groups excluding carboxylic acids is 1. The molecule has 9 heteroatoms. The largest absolute Gasteiger partial charge is 0.326 e. The number of aromatic nitrogens is 2. The summed E-state index contributed by atoms with van der Waals surface area (Å²) in [7, 11) is -4.03. The van der Waals surface area contributed by atoms with E-state index >= 15 is 0 Å². The minimum absolute atomic E-state index is 0.0588. The van der Waals surface area contributed by atoms with Crippen LogP contribution < -0.4 is 10.5 Å². The Hall–Kier alpha value is -2.68. The van der Waals surface area contributed by atoms with Crippen LogP contribution in [-0.4, -0.2) is 24.5 Å². The number of rotatable bonds is 7. The van der Waals surface area contributed by atoms with Crippen LogP contribution in [0.5, 0.6) is 0 Å². The van der Waals surface area contributed by atoms with Crippen molar-refractivity contribution in [2.45, 2.75) is 30.6 Å². The fraction of sp³-hybridized carbons (Fsp3) is 0.238. The van der Waals surface area contributed by atoms with Crippen molar-refractivity contribution >= 4 is 33.2 Å². The second-order valence-electron chi connectivity index (χ2n) is 7.48. The Morgan fingerprint density at radius 2 is 1.97 bits per heavy atom. The fourth-order valence-corrected chi connectivity index (χ4v) is 4.37. The second kappa shape index (κ2) is 8.22. The number of aromatic amines is 1. The minimum Gasteiger partial charge on any atom is -0.326 e. The van der Waals surface area contributed by atoms with Crippen LogP contribution in [0.2, 0.25) is 5.02 Å². The molecule has 1 amide bonds. The van der Waals surface area contributed by atoms with E-state index in [1.165, 1.54) is 6.07 Å². The zero-order valence-electron chi connectivity index (χ0n) is 16.1. The highest BCUT2D eigenvalue weighted by Crippen LogP contribution is 2.37. The van der Waals surface area contributed by atoms with Crippen LogP contribution in [0.3, 0.4) is 0 Å². The Bertz CT molecular complexity index is 1200. The molecule has 0 bridgehead atoms. The molecule has 0 aliphatic heterocycles. The van der Waals surface area contributed by atoms with Crippen LogP contribution in [0.4, 0.5) is 5.69 Å². The van der Waals surface area contributed by atoms with E-state index in [0.29, 0.717) is 33.3 Å². The lowest BCUT2D eigenvalue weighted by Crippen LogP contribution is -2.17. The molecule has 156 valence electrons. The highest BCUT2D eigenvalue weighted by molar-refractivity contribution is 7.89. The summed E-state index contributed by atoms with van der Waals surface area (Å²) in [6.45, 7) is 0. The molecule has 2 aromatic carbocycles. The lowest BCUT2D eigenvalue weighted by Gasteiger charge is -2.12. The molecule has 1 aromatic heterocycles. The molecule has 3 aromatic rings. The van der Waals surface area contributed by atoms with Gasteiger partial charge in [-0.25, -0.2) is 13.6 Å². The molecular weight excluding hydrogens is 424 g/mol. The van der Waals surface area contributed by atoms with E-state index in [1.807, 2.05) is 0 Å². The average molecular weight is 445 g/mol. The van der Waals surface area contributed by atoms with Crippen LogP contribution in [0, 0.1) is 5.92 Å². The van der Waals surface area contributed by atoms with Crippen LogP contribution in [0.1, 0.15) is 24.1 Å². The van der Waals surface area contributed by atoms with Gasteiger partial charge in [-0.15, -0.1) is 0 Å². The summed E-state index contributed by atoms with van der Waals surface area (Å²) in [5.74, 6) is 0.291. The molecular formula is C21H21ClN4O3S. The Kier molecular flexibility index (Phi) is 5.64. The Morgan fingerprint density at radius 3 is 2.67 bits per heavy atom. The number of hydrogen-bond donors (Lipinski definition) is 3. The molecule has 0 atom stereocenters. The molecule has 0 unspecified atom stereocenters. The summed E-state index contributed by atoms with van der Waals surface area (Å²) in [5.41, 5.74) is 3.08.